The number of hydrogen-bond donors (Lipinski definition) is 3. The molecule has 0 radical (unpaired) electrons. The number of rotatable bonds is 4. The number of nitrogens with two attached hydrogens (primary N) is 1. The van der Waals surface area contributed by atoms with Crippen LogP contribution in [0, 0.1) is 10.1 Å². The first-order valence-corrected chi connectivity index (χ1v) is 6.96. The van der Waals surface area contributed by atoms with Crippen molar-refractivity contribution in [3.63, 3.8) is 0 Å². The Labute approximate surface area is 109 Å². The van der Waals surface area contributed by atoms with Gasteiger partial charge in [0.25, 0.3) is 0 Å². The zero-order valence-electron chi connectivity index (χ0n) is 9.89. The number of hydrogen-bond acceptors (Lipinski definition) is 6. The van der Waals surface area contributed by atoms with Gasteiger partial charge in [0, 0.05) is 11.8 Å². The lowest BCUT2D eigenvalue weighted by Gasteiger charge is -2.23. The highest BCUT2D eigenvalue weighted by molar-refractivity contribution is 7.99. The minimum atomic E-state index is -0.409. The molecule has 2 rings (SSSR count). The fourth-order valence-corrected chi connectivity index (χ4v) is 3.12. The largest absolute Gasteiger partial charge is 0.376 e. The molecule has 0 aliphatic carbocycles. The first-order valence-electron chi connectivity index (χ1n) is 5.80. The van der Waals surface area contributed by atoms with Crippen LogP contribution in [-0.2, 0) is 0 Å². The predicted octanol–water partition coefficient (Wildman–Crippen LogP) is 2.19. The lowest BCUT2D eigenvalue weighted by atomic mass is 10.1. The second kappa shape index (κ2) is 5.92. The fraction of sp³-hybridized carbons (Fsp3) is 0.455. The van der Waals surface area contributed by atoms with Gasteiger partial charge in [-0.2, -0.15) is 11.8 Å². The number of para-hydroxylation sites is 1. The minimum absolute atomic E-state index is 0.00979. The maximum absolute atomic E-state index is 11.1. The van der Waals surface area contributed by atoms with Crippen molar-refractivity contribution >= 4 is 28.8 Å². The van der Waals surface area contributed by atoms with Gasteiger partial charge < -0.3 is 10.7 Å². The maximum Gasteiger partial charge on any atom is 0.316 e. The number of nitro groups is 1. The van der Waals surface area contributed by atoms with E-state index in [2.05, 4.69) is 10.7 Å². The van der Waals surface area contributed by atoms with E-state index in [1.165, 1.54) is 5.75 Å². The molecule has 6 nitrogen and oxygen atoms in total. The molecule has 1 atom stereocenters. The fourth-order valence-electron chi connectivity index (χ4n) is 2.05. The summed E-state index contributed by atoms with van der Waals surface area (Å²) >= 11 is 1.87. The minimum Gasteiger partial charge on any atom is -0.376 e. The summed E-state index contributed by atoms with van der Waals surface area (Å²) in [5, 5.41) is 14.4. The Morgan fingerprint density at radius 3 is 2.83 bits per heavy atom. The Morgan fingerprint density at radius 1 is 1.44 bits per heavy atom. The van der Waals surface area contributed by atoms with E-state index in [9.17, 15) is 10.1 Å². The average molecular weight is 268 g/mol. The molecule has 0 bridgehead atoms. The van der Waals surface area contributed by atoms with Crippen LogP contribution in [0.2, 0.25) is 0 Å². The molecule has 18 heavy (non-hydrogen) atoms. The number of thioether (sulfide) groups is 1. The summed E-state index contributed by atoms with van der Waals surface area (Å²) in [6.07, 6.45) is 2.19. The topological polar surface area (TPSA) is 93.2 Å². The second-order valence-electron chi connectivity index (χ2n) is 4.16. The van der Waals surface area contributed by atoms with Crippen LogP contribution in [0.3, 0.4) is 0 Å². The number of anilines is 2. The molecule has 1 saturated heterocycles. The molecule has 7 heteroatoms. The summed E-state index contributed by atoms with van der Waals surface area (Å²) in [6.45, 7) is 0. The third kappa shape index (κ3) is 2.85. The van der Waals surface area contributed by atoms with Gasteiger partial charge in [0.15, 0.2) is 0 Å². The first-order chi connectivity index (χ1) is 8.72. The predicted molar refractivity (Wildman–Crippen MR) is 74.9 cm³/mol. The summed E-state index contributed by atoms with van der Waals surface area (Å²) in [4.78, 5) is 10.7. The molecule has 1 fully saturated rings. The van der Waals surface area contributed by atoms with Crippen LogP contribution in [-0.4, -0.2) is 22.5 Å². The molecule has 98 valence electrons. The van der Waals surface area contributed by atoms with Crippen molar-refractivity contribution in [3.05, 3.63) is 28.3 Å². The molecule has 0 saturated carbocycles. The molecular weight excluding hydrogens is 252 g/mol. The molecule has 1 unspecified atom stereocenters. The van der Waals surface area contributed by atoms with E-state index in [0.717, 1.165) is 18.6 Å². The number of nitrogens with zero attached hydrogens (tertiary/aromatic N) is 1. The third-order valence-corrected chi connectivity index (χ3v) is 4.11. The average Bonchev–Trinajstić information content (AvgIpc) is 2.39. The highest BCUT2D eigenvalue weighted by Gasteiger charge is 2.22. The number of nitro benzene ring substituents is 1. The molecule has 1 aromatic carbocycles. The smallest absolute Gasteiger partial charge is 0.316 e. The number of benzene rings is 1. The van der Waals surface area contributed by atoms with Crippen molar-refractivity contribution in [3.8, 4) is 0 Å². The van der Waals surface area contributed by atoms with Crippen LogP contribution < -0.4 is 16.6 Å². The summed E-state index contributed by atoms with van der Waals surface area (Å²) < 4.78 is 0. The molecule has 0 amide bonds. The van der Waals surface area contributed by atoms with Crippen molar-refractivity contribution in [1.29, 1.82) is 0 Å². The number of nitrogen functional groups attached to an aromatic ring is 1. The van der Waals surface area contributed by atoms with Crippen molar-refractivity contribution in [1.82, 2.24) is 0 Å². The van der Waals surface area contributed by atoms with Gasteiger partial charge in [-0.3, -0.25) is 16.0 Å². The van der Waals surface area contributed by atoms with Gasteiger partial charge in [0.1, 0.15) is 11.4 Å². The van der Waals surface area contributed by atoms with Gasteiger partial charge in [-0.1, -0.05) is 6.07 Å². The van der Waals surface area contributed by atoms with Crippen molar-refractivity contribution in [2.45, 2.75) is 18.9 Å². The highest BCUT2D eigenvalue weighted by Crippen LogP contribution is 2.33. The van der Waals surface area contributed by atoms with Gasteiger partial charge in [-0.15, -0.1) is 0 Å². The van der Waals surface area contributed by atoms with Crippen molar-refractivity contribution in [2.75, 3.05) is 22.2 Å². The van der Waals surface area contributed by atoms with E-state index >= 15 is 0 Å². The molecule has 0 aromatic heterocycles. The highest BCUT2D eigenvalue weighted by atomic mass is 32.2. The molecule has 1 aromatic rings. The zero-order valence-corrected chi connectivity index (χ0v) is 10.7. The van der Waals surface area contributed by atoms with Crippen LogP contribution in [0.15, 0.2) is 18.2 Å². The molecule has 1 aliphatic rings. The maximum atomic E-state index is 11.1. The molecule has 0 spiro atoms. The van der Waals surface area contributed by atoms with E-state index < -0.39 is 4.92 Å². The Hall–Kier alpha value is -1.47. The van der Waals surface area contributed by atoms with E-state index in [-0.39, 0.29) is 11.7 Å². The first kappa shape index (κ1) is 13.0. The Morgan fingerprint density at radius 2 is 2.22 bits per heavy atom. The second-order valence-corrected chi connectivity index (χ2v) is 5.31. The van der Waals surface area contributed by atoms with Crippen molar-refractivity contribution in [2.24, 2.45) is 5.84 Å². The van der Waals surface area contributed by atoms with Crippen LogP contribution in [0.25, 0.3) is 0 Å². The normalized spacial score (nSPS) is 19.3. The third-order valence-electron chi connectivity index (χ3n) is 2.89. The monoisotopic (exact) mass is 268 g/mol. The lowest BCUT2D eigenvalue weighted by Crippen LogP contribution is -2.26. The summed E-state index contributed by atoms with van der Waals surface area (Å²) in [5.41, 5.74) is 3.24. The van der Waals surface area contributed by atoms with E-state index in [1.807, 2.05) is 11.8 Å². The van der Waals surface area contributed by atoms with Gasteiger partial charge in [0.05, 0.1) is 4.92 Å². The number of hydrazine groups is 1. The van der Waals surface area contributed by atoms with E-state index in [4.69, 9.17) is 5.84 Å². The van der Waals surface area contributed by atoms with Crippen LogP contribution >= 0.6 is 11.8 Å². The number of nitrogens with one attached hydrogen (secondary N) is 2. The summed E-state index contributed by atoms with van der Waals surface area (Å²) in [6, 6.07) is 5.35. The Balaban J connectivity index is 2.23. The van der Waals surface area contributed by atoms with Crippen LogP contribution in [0.1, 0.15) is 12.8 Å². The van der Waals surface area contributed by atoms with Gasteiger partial charge in [-0.05, 0) is 30.7 Å². The van der Waals surface area contributed by atoms with E-state index in [1.54, 1.807) is 18.2 Å². The molecule has 1 heterocycles. The van der Waals surface area contributed by atoms with Gasteiger partial charge in [0.2, 0.25) is 0 Å². The molecule has 1 aliphatic heterocycles. The van der Waals surface area contributed by atoms with Crippen molar-refractivity contribution < 1.29 is 4.92 Å². The standard InChI is InChI=1S/C11H16N4O2S/c12-14-10-5-1-4-9(11(10)15(16)17)13-8-3-2-6-18-7-8/h1,4-5,8,13-14H,2-3,6-7,12H2. The SMILES string of the molecule is NNc1cccc(NC2CCCSC2)c1[N+](=O)[O-]. The zero-order chi connectivity index (χ0) is 13.0. The summed E-state index contributed by atoms with van der Waals surface area (Å²) in [7, 11) is 0. The molecular formula is C11H16N4O2S. The Bertz CT molecular complexity index is 435. The summed E-state index contributed by atoms with van der Waals surface area (Å²) in [5.74, 6) is 7.46. The Kier molecular flexibility index (Phi) is 4.27. The van der Waals surface area contributed by atoms with Gasteiger partial charge >= 0.3 is 5.69 Å². The van der Waals surface area contributed by atoms with Gasteiger partial charge in [-0.25, -0.2) is 0 Å². The molecule has 4 N–H and O–H groups in total. The van der Waals surface area contributed by atoms with Crippen LogP contribution in [0.4, 0.5) is 17.1 Å². The quantitative estimate of drug-likeness (QED) is 0.440. The van der Waals surface area contributed by atoms with E-state index in [0.29, 0.717) is 11.4 Å². The lowest BCUT2D eigenvalue weighted by molar-refractivity contribution is -0.383. The van der Waals surface area contributed by atoms with Crippen LogP contribution in [0.5, 0.6) is 0 Å².